The highest BCUT2D eigenvalue weighted by Crippen LogP contribution is 2.32. The van der Waals surface area contributed by atoms with Crippen LogP contribution in [-0.4, -0.2) is 43.6 Å². The van der Waals surface area contributed by atoms with Gasteiger partial charge < -0.3 is 24.5 Å². The second kappa shape index (κ2) is 9.41. The number of rotatable bonds is 5. The van der Waals surface area contributed by atoms with Gasteiger partial charge in [-0.05, 0) is 38.1 Å². The summed E-state index contributed by atoms with van der Waals surface area (Å²) in [5, 5.41) is 7.03. The normalized spacial score (nSPS) is 14.9. The van der Waals surface area contributed by atoms with E-state index in [1.807, 2.05) is 31.2 Å². The number of ether oxygens (including phenoxy) is 1. The van der Waals surface area contributed by atoms with Crippen LogP contribution in [0.5, 0.6) is 0 Å². The topological polar surface area (TPSA) is 126 Å². The minimum atomic E-state index is -0.490. The molecule has 2 amide bonds. The molecular formula is C25H24N6O4. The maximum atomic E-state index is 13.3. The Labute approximate surface area is 201 Å². The van der Waals surface area contributed by atoms with Gasteiger partial charge in [0.05, 0.1) is 36.4 Å². The fraction of sp³-hybridized carbons (Fsp3) is 0.240. The largest absolute Gasteiger partial charge is 0.462 e. The van der Waals surface area contributed by atoms with Gasteiger partial charge in [-0.1, -0.05) is 35.0 Å². The predicted octanol–water partition coefficient (Wildman–Crippen LogP) is 4.28. The smallest absolute Gasteiger partial charge is 0.338 e. The highest BCUT2D eigenvalue weighted by molar-refractivity contribution is 5.92. The third-order valence-electron chi connectivity index (χ3n) is 5.84. The SMILES string of the molecule is CCOC(=O)c1ccc(NC(=O)N2Cc3[nH]cnc3CC2c2nc(-c3ccc(C)cc3)no2)cc1. The molecule has 0 saturated carbocycles. The predicted molar refractivity (Wildman–Crippen MR) is 126 cm³/mol. The number of benzene rings is 2. The zero-order valence-electron chi connectivity index (χ0n) is 19.3. The number of aromatic nitrogens is 4. The molecule has 0 saturated heterocycles. The van der Waals surface area contributed by atoms with Crippen LogP contribution >= 0.6 is 0 Å². The van der Waals surface area contributed by atoms with Crippen molar-refractivity contribution in [3.05, 3.63) is 83.3 Å². The average molecular weight is 473 g/mol. The Morgan fingerprint density at radius 3 is 2.69 bits per heavy atom. The lowest BCUT2D eigenvalue weighted by atomic mass is 10.0. The molecule has 2 aromatic carbocycles. The number of aryl methyl sites for hydroxylation is 1. The number of hydrogen-bond donors (Lipinski definition) is 2. The Kier molecular flexibility index (Phi) is 6.01. The second-order valence-electron chi connectivity index (χ2n) is 8.23. The van der Waals surface area contributed by atoms with Gasteiger partial charge in [0.1, 0.15) is 6.04 Å². The summed E-state index contributed by atoms with van der Waals surface area (Å²) in [7, 11) is 0. The number of urea groups is 1. The molecule has 1 unspecified atom stereocenters. The number of carbonyl (C=O) groups is 2. The molecule has 2 aromatic heterocycles. The Balaban J connectivity index is 1.38. The summed E-state index contributed by atoms with van der Waals surface area (Å²) in [6.07, 6.45) is 2.05. The average Bonchev–Trinajstić information content (AvgIpc) is 3.54. The van der Waals surface area contributed by atoms with E-state index in [4.69, 9.17) is 9.26 Å². The van der Waals surface area contributed by atoms with E-state index in [0.29, 0.717) is 42.5 Å². The number of H-pyrrole nitrogens is 1. The number of fused-ring (bicyclic) bond motifs is 1. The van der Waals surface area contributed by atoms with Crippen LogP contribution in [-0.2, 0) is 17.7 Å². The minimum Gasteiger partial charge on any atom is -0.462 e. The molecule has 0 radical (unpaired) electrons. The lowest BCUT2D eigenvalue weighted by Gasteiger charge is -2.32. The number of amides is 2. The molecule has 2 N–H and O–H groups in total. The molecule has 0 aliphatic carbocycles. The van der Waals surface area contributed by atoms with E-state index in [1.54, 1.807) is 42.4 Å². The van der Waals surface area contributed by atoms with Crippen molar-refractivity contribution in [3.8, 4) is 11.4 Å². The van der Waals surface area contributed by atoms with Crippen LogP contribution in [0.1, 0.15) is 46.2 Å². The molecule has 4 aromatic rings. The highest BCUT2D eigenvalue weighted by atomic mass is 16.5. The van der Waals surface area contributed by atoms with Crippen LogP contribution < -0.4 is 5.32 Å². The molecule has 1 aliphatic heterocycles. The van der Waals surface area contributed by atoms with Crippen LogP contribution in [0.2, 0.25) is 0 Å². The van der Waals surface area contributed by atoms with Crippen LogP contribution in [0.4, 0.5) is 10.5 Å². The van der Waals surface area contributed by atoms with E-state index >= 15 is 0 Å². The zero-order valence-corrected chi connectivity index (χ0v) is 19.3. The maximum absolute atomic E-state index is 13.3. The van der Waals surface area contributed by atoms with Crippen molar-refractivity contribution in [2.45, 2.75) is 32.9 Å². The van der Waals surface area contributed by atoms with Gasteiger partial charge in [-0.15, -0.1) is 0 Å². The van der Waals surface area contributed by atoms with Gasteiger partial charge in [0.25, 0.3) is 0 Å². The van der Waals surface area contributed by atoms with Gasteiger partial charge in [0.2, 0.25) is 11.7 Å². The van der Waals surface area contributed by atoms with Crippen molar-refractivity contribution in [2.75, 3.05) is 11.9 Å². The Bertz CT molecular complexity index is 1340. The molecule has 1 aliphatic rings. The summed E-state index contributed by atoms with van der Waals surface area (Å²) < 4.78 is 10.6. The number of anilines is 1. The number of imidazole rings is 1. The van der Waals surface area contributed by atoms with Crippen molar-refractivity contribution < 1.29 is 18.8 Å². The van der Waals surface area contributed by atoms with E-state index < -0.39 is 12.0 Å². The summed E-state index contributed by atoms with van der Waals surface area (Å²) in [5.41, 5.74) is 4.63. The van der Waals surface area contributed by atoms with Crippen molar-refractivity contribution >= 4 is 17.7 Å². The van der Waals surface area contributed by atoms with Crippen LogP contribution in [0, 0.1) is 6.92 Å². The first-order chi connectivity index (χ1) is 17.0. The van der Waals surface area contributed by atoms with Gasteiger partial charge >= 0.3 is 12.0 Å². The summed E-state index contributed by atoms with van der Waals surface area (Å²) in [6, 6.07) is 13.5. The van der Waals surface area contributed by atoms with Gasteiger partial charge in [-0.25, -0.2) is 14.6 Å². The van der Waals surface area contributed by atoms with Gasteiger partial charge in [0, 0.05) is 17.7 Å². The Morgan fingerprint density at radius 1 is 1.17 bits per heavy atom. The molecule has 178 valence electrons. The molecule has 10 heteroatoms. The minimum absolute atomic E-state index is 0.296. The van der Waals surface area contributed by atoms with Gasteiger partial charge in [-0.2, -0.15) is 4.98 Å². The number of aromatic amines is 1. The van der Waals surface area contributed by atoms with E-state index in [2.05, 4.69) is 25.4 Å². The van der Waals surface area contributed by atoms with Crippen LogP contribution in [0.3, 0.4) is 0 Å². The molecule has 1 atom stereocenters. The first-order valence-corrected chi connectivity index (χ1v) is 11.3. The molecule has 3 heterocycles. The first-order valence-electron chi connectivity index (χ1n) is 11.3. The Hall–Kier alpha value is -4.47. The van der Waals surface area contributed by atoms with E-state index in [0.717, 1.165) is 22.5 Å². The van der Waals surface area contributed by atoms with E-state index in [9.17, 15) is 9.59 Å². The summed E-state index contributed by atoms with van der Waals surface area (Å²) in [6.45, 7) is 4.36. The van der Waals surface area contributed by atoms with E-state index in [-0.39, 0.29) is 6.03 Å². The first kappa shape index (κ1) is 22.3. The molecule has 5 rings (SSSR count). The summed E-state index contributed by atoms with van der Waals surface area (Å²) in [4.78, 5) is 38.9. The molecule has 0 bridgehead atoms. The number of hydrogen-bond acceptors (Lipinski definition) is 7. The van der Waals surface area contributed by atoms with Crippen molar-refractivity contribution in [3.63, 3.8) is 0 Å². The highest BCUT2D eigenvalue weighted by Gasteiger charge is 2.36. The van der Waals surface area contributed by atoms with Crippen LogP contribution in [0.25, 0.3) is 11.4 Å². The second-order valence-corrected chi connectivity index (χ2v) is 8.23. The zero-order chi connectivity index (χ0) is 24.4. The molecule has 0 fully saturated rings. The third-order valence-corrected chi connectivity index (χ3v) is 5.84. The van der Waals surface area contributed by atoms with Gasteiger partial charge in [-0.3, -0.25) is 0 Å². The number of nitrogens with one attached hydrogen (secondary N) is 2. The lowest BCUT2D eigenvalue weighted by molar-refractivity contribution is 0.0526. The lowest BCUT2D eigenvalue weighted by Crippen LogP contribution is -2.41. The summed E-state index contributed by atoms with van der Waals surface area (Å²) >= 11 is 0. The number of nitrogens with zero attached hydrogens (tertiary/aromatic N) is 4. The van der Waals surface area contributed by atoms with Crippen LogP contribution in [0.15, 0.2) is 59.4 Å². The third kappa shape index (κ3) is 4.63. The number of esters is 1. The molecular weight excluding hydrogens is 448 g/mol. The molecule has 10 nitrogen and oxygen atoms in total. The maximum Gasteiger partial charge on any atom is 0.338 e. The fourth-order valence-electron chi connectivity index (χ4n) is 3.96. The fourth-order valence-corrected chi connectivity index (χ4v) is 3.96. The van der Waals surface area contributed by atoms with Crippen molar-refractivity contribution in [1.82, 2.24) is 25.0 Å². The van der Waals surface area contributed by atoms with Gasteiger partial charge in [0.15, 0.2) is 0 Å². The Morgan fingerprint density at radius 2 is 1.94 bits per heavy atom. The molecule has 35 heavy (non-hydrogen) atoms. The summed E-state index contributed by atoms with van der Waals surface area (Å²) in [5.74, 6) is 0.388. The van der Waals surface area contributed by atoms with Crippen molar-refractivity contribution in [2.24, 2.45) is 0 Å². The monoisotopic (exact) mass is 472 g/mol. The van der Waals surface area contributed by atoms with Crippen molar-refractivity contribution in [1.29, 1.82) is 0 Å². The van der Waals surface area contributed by atoms with E-state index in [1.165, 1.54) is 0 Å². The quantitative estimate of drug-likeness (QED) is 0.415. The standard InChI is InChI=1S/C25H24N6O4/c1-3-34-24(32)17-8-10-18(11-9-17)28-25(33)31-13-20-19(26-14-27-20)12-21(31)23-29-22(30-35-23)16-6-4-15(2)5-7-16/h4-11,14,21H,3,12-13H2,1-2H3,(H,26,27)(H,28,33). The molecule has 0 spiro atoms. The number of carbonyl (C=O) groups excluding carboxylic acids is 2.